The van der Waals surface area contributed by atoms with Crippen LogP contribution in [0.5, 0.6) is 0 Å². The van der Waals surface area contributed by atoms with E-state index in [-0.39, 0.29) is 16.8 Å². The predicted molar refractivity (Wildman–Crippen MR) is 64.3 cm³/mol. The van der Waals surface area contributed by atoms with E-state index >= 15 is 0 Å². The molecule has 88 valence electrons. The van der Waals surface area contributed by atoms with Crippen LogP contribution in [0.1, 0.15) is 19.3 Å². The van der Waals surface area contributed by atoms with Crippen LogP contribution >= 0.6 is 15.9 Å². The Kier molecular flexibility index (Phi) is 3.18. The molecule has 5 nitrogen and oxygen atoms in total. The van der Waals surface area contributed by atoms with Crippen LogP contribution in [0, 0.1) is 0 Å². The fourth-order valence-corrected chi connectivity index (χ4v) is 3.35. The molecule has 1 aromatic rings. The molecule has 1 saturated carbocycles. The maximum atomic E-state index is 12.0. The average Bonchev–Trinajstić information content (AvgIpc) is 2.16. The third kappa shape index (κ3) is 2.36. The van der Waals surface area contributed by atoms with Crippen molar-refractivity contribution in [3.8, 4) is 0 Å². The van der Waals surface area contributed by atoms with Crippen LogP contribution in [0.3, 0.4) is 0 Å². The fraction of sp³-hybridized carbons (Fsp3) is 0.444. The van der Waals surface area contributed by atoms with Crippen LogP contribution in [0.2, 0.25) is 0 Å². The van der Waals surface area contributed by atoms with Crippen molar-refractivity contribution >= 4 is 31.8 Å². The zero-order valence-electron chi connectivity index (χ0n) is 8.48. The quantitative estimate of drug-likeness (QED) is 0.880. The van der Waals surface area contributed by atoms with Gasteiger partial charge in [0.1, 0.15) is 10.7 Å². The largest absolute Gasteiger partial charge is 0.383 e. The molecular weight excluding hydrogens is 294 g/mol. The SMILES string of the molecule is Nc1ncc(Br)cc1S(=O)(=O)NC1CCC1. The number of hydrogen-bond donors (Lipinski definition) is 2. The van der Waals surface area contributed by atoms with Crippen molar-refractivity contribution in [2.24, 2.45) is 0 Å². The van der Waals surface area contributed by atoms with Crippen LogP contribution in [-0.4, -0.2) is 19.4 Å². The molecule has 0 radical (unpaired) electrons. The van der Waals surface area contributed by atoms with Gasteiger partial charge in [0, 0.05) is 16.7 Å². The molecule has 1 aliphatic rings. The number of nitrogen functional groups attached to an aromatic ring is 1. The zero-order valence-corrected chi connectivity index (χ0v) is 10.9. The summed E-state index contributed by atoms with van der Waals surface area (Å²) >= 11 is 3.18. The zero-order chi connectivity index (χ0) is 11.8. The van der Waals surface area contributed by atoms with Gasteiger partial charge < -0.3 is 5.73 Å². The third-order valence-corrected chi connectivity index (χ3v) is 4.55. The minimum atomic E-state index is -3.54. The summed E-state index contributed by atoms with van der Waals surface area (Å²) in [5.41, 5.74) is 5.56. The van der Waals surface area contributed by atoms with Gasteiger partial charge in [0.25, 0.3) is 0 Å². The number of hydrogen-bond acceptors (Lipinski definition) is 4. The van der Waals surface area contributed by atoms with Gasteiger partial charge in [-0.2, -0.15) is 0 Å². The van der Waals surface area contributed by atoms with Crippen LogP contribution in [0.4, 0.5) is 5.82 Å². The molecule has 3 N–H and O–H groups in total. The molecule has 0 unspecified atom stereocenters. The van der Waals surface area contributed by atoms with Crippen LogP contribution in [-0.2, 0) is 10.0 Å². The second kappa shape index (κ2) is 4.31. The molecule has 0 amide bonds. The monoisotopic (exact) mass is 305 g/mol. The van der Waals surface area contributed by atoms with Gasteiger partial charge in [-0.15, -0.1) is 0 Å². The van der Waals surface area contributed by atoms with Crippen molar-refractivity contribution in [1.82, 2.24) is 9.71 Å². The number of sulfonamides is 1. The lowest BCUT2D eigenvalue weighted by molar-refractivity contribution is 0.383. The lowest BCUT2D eigenvalue weighted by Gasteiger charge is -2.26. The van der Waals surface area contributed by atoms with E-state index in [0.29, 0.717) is 4.47 Å². The maximum absolute atomic E-state index is 12.0. The Labute approximate surface area is 103 Å². The van der Waals surface area contributed by atoms with Gasteiger partial charge in [-0.1, -0.05) is 6.42 Å². The Morgan fingerprint density at radius 3 is 2.75 bits per heavy atom. The lowest BCUT2D eigenvalue weighted by atomic mass is 9.94. The standard InChI is InChI=1S/C9H12BrN3O2S/c10-6-4-8(9(11)12-5-6)16(14,15)13-7-2-1-3-7/h4-5,7,13H,1-3H2,(H2,11,12). The number of anilines is 1. The van der Waals surface area contributed by atoms with Gasteiger partial charge in [0.15, 0.2) is 0 Å². The Morgan fingerprint density at radius 1 is 1.50 bits per heavy atom. The van der Waals surface area contributed by atoms with Crippen LogP contribution in [0.15, 0.2) is 21.6 Å². The van der Waals surface area contributed by atoms with Crippen molar-refractivity contribution < 1.29 is 8.42 Å². The lowest BCUT2D eigenvalue weighted by Crippen LogP contribution is -2.39. The van der Waals surface area contributed by atoms with E-state index < -0.39 is 10.0 Å². The molecule has 0 saturated heterocycles. The summed E-state index contributed by atoms with van der Waals surface area (Å²) < 4.78 is 27.1. The van der Waals surface area contributed by atoms with E-state index in [1.54, 1.807) is 0 Å². The Morgan fingerprint density at radius 2 is 2.19 bits per heavy atom. The van der Waals surface area contributed by atoms with Gasteiger partial charge in [-0.05, 0) is 34.8 Å². The summed E-state index contributed by atoms with van der Waals surface area (Å²) in [5, 5.41) is 0. The number of halogens is 1. The number of nitrogens with zero attached hydrogens (tertiary/aromatic N) is 1. The van der Waals surface area contributed by atoms with Crippen LogP contribution in [0.25, 0.3) is 0 Å². The molecule has 0 aromatic carbocycles. The van der Waals surface area contributed by atoms with Gasteiger partial charge in [0.05, 0.1) is 0 Å². The number of aromatic nitrogens is 1. The first-order valence-electron chi connectivity index (χ1n) is 4.92. The second-order valence-corrected chi connectivity index (χ2v) is 6.38. The number of nitrogens with one attached hydrogen (secondary N) is 1. The normalized spacial score (nSPS) is 17.1. The van der Waals surface area contributed by atoms with Gasteiger partial charge in [0.2, 0.25) is 10.0 Å². The van der Waals surface area contributed by atoms with E-state index in [2.05, 4.69) is 25.6 Å². The van der Waals surface area contributed by atoms with Gasteiger partial charge >= 0.3 is 0 Å². The first-order valence-corrected chi connectivity index (χ1v) is 7.20. The fourth-order valence-electron chi connectivity index (χ4n) is 1.46. The average molecular weight is 306 g/mol. The summed E-state index contributed by atoms with van der Waals surface area (Å²) in [4.78, 5) is 3.84. The molecule has 0 atom stereocenters. The number of pyridine rings is 1. The van der Waals surface area contributed by atoms with E-state index in [1.165, 1.54) is 12.3 Å². The van der Waals surface area contributed by atoms with E-state index in [9.17, 15) is 8.42 Å². The van der Waals surface area contributed by atoms with Crippen molar-refractivity contribution in [2.45, 2.75) is 30.2 Å². The molecule has 1 fully saturated rings. The molecule has 2 rings (SSSR count). The molecule has 0 spiro atoms. The Balaban J connectivity index is 2.30. The van der Waals surface area contributed by atoms with Gasteiger partial charge in [-0.25, -0.2) is 18.1 Å². The minimum absolute atomic E-state index is 0.0232. The minimum Gasteiger partial charge on any atom is -0.383 e. The molecular formula is C9H12BrN3O2S. The Bertz CT molecular complexity index is 499. The van der Waals surface area contributed by atoms with Crippen LogP contribution < -0.4 is 10.5 Å². The van der Waals surface area contributed by atoms with Crippen molar-refractivity contribution in [3.63, 3.8) is 0 Å². The summed E-state index contributed by atoms with van der Waals surface area (Å²) in [6, 6.07) is 1.51. The molecule has 16 heavy (non-hydrogen) atoms. The number of nitrogens with two attached hydrogens (primary N) is 1. The highest BCUT2D eigenvalue weighted by Crippen LogP contribution is 2.24. The predicted octanol–water partition coefficient (Wildman–Crippen LogP) is 1.26. The molecule has 0 bridgehead atoms. The molecule has 0 aliphatic heterocycles. The van der Waals surface area contributed by atoms with E-state index in [1.807, 2.05) is 0 Å². The van der Waals surface area contributed by atoms with Crippen molar-refractivity contribution in [2.75, 3.05) is 5.73 Å². The summed E-state index contributed by atoms with van der Waals surface area (Å²) in [7, 11) is -3.54. The van der Waals surface area contributed by atoms with Crippen molar-refractivity contribution in [1.29, 1.82) is 0 Å². The summed E-state index contributed by atoms with van der Waals surface area (Å²) in [6.07, 6.45) is 4.32. The maximum Gasteiger partial charge on any atom is 0.244 e. The first kappa shape index (κ1) is 11.8. The smallest absolute Gasteiger partial charge is 0.244 e. The molecule has 1 aliphatic carbocycles. The highest BCUT2D eigenvalue weighted by molar-refractivity contribution is 9.10. The Hall–Kier alpha value is -0.660. The molecule has 1 aromatic heterocycles. The van der Waals surface area contributed by atoms with Gasteiger partial charge in [-0.3, -0.25) is 0 Å². The van der Waals surface area contributed by atoms with E-state index in [0.717, 1.165) is 19.3 Å². The summed E-state index contributed by atoms with van der Waals surface area (Å²) in [6.45, 7) is 0. The third-order valence-electron chi connectivity index (χ3n) is 2.56. The summed E-state index contributed by atoms with van der Waals surface area (Å²) in [5.74, 6) is 0.0232. The molecule has 1 heterocycles. The number of rotatable bonds is 3. The second-order valence-electron chi connectivity index (χ2n) is 3.79. The topological polar surface area (TPSA) is 85.1 Å². The first-order chi connectivity index (χ1) is 7.49. The highest BCUT2D eigenvalue weighted by Gasteiger charge is 2.26. The van der Waals surface area contributed by atoms with E-state index in [4.69, 9.17) is 5.73 Å². The molecule has 7 heteroatoms. The highest BCUT2D eigenvalue weighted by atomic mass is 79.9. The van der Waals surface area contributed by atoms with Crippen molar-refractivity contribution in [3.05, 3.63) is 16.7 Å².